The van der Waals surface area contributed by atoms with Gasteiger partial charge in [-0.25, -0.2) is 14.4 Å². The third-order valence-corrected chi connectivity index (χ3v) is 7.42. The zero-order valence-corrected chi connectivity index (χ0v) is 20.7. The van der Waals surface area contributed by atoms with Crippen LogP contribution in [0.3, 0.4) is 0 Å². The molecule has 6 rings (SSSR count). The van der Waals surface area contributed by atoms with Gasteiger partial charge in [-0.1, -0.05) is 11.6 Å². The van der Waals surface area contributed by atoms with Crippen LogP contribution < -0.4 is 10.3 Å². The van der Waals surface area contributed by atoms with E-state index in [4.69, 9.17) is 26.1 Å². The number of aryl methyl sites for hydroxylation is 1. The fraction of sp³-hybridized carbons (Fsp3) is 0.385. The molecule has 2 aliphatic rings. The van der Waals surface area contributed by atoms with Crippen molar-refractivity contribution in [3.05, 3.63) is 74.9 Å². The van der Waals surface area contributed by atoms with E-state index in [1.165, 1.54) is 17.6 Å². The van der Waals surface area contributed by atoms with E-state index in [0.717, 1.165) is 24.8 Å². The molecule has 3 aromatic heterocycles. The number of rotatable bonds is 5. The Labute approximate surface area is 211 Å². The molecule has 4 heterocycles. The lowest BCUT2D eigenvalue weighted by atomic mass is 9.90. The molecule has 4 aromatic rings. The van der Waals surface area contributed by atoms with Crippen molar-refractivity contribution in [2.45, 2.75) is 50.7 Å². The molecule has 1 aromatic carbocycles. The maximum Gasteiger partial charge on any atom is 0.277 e. The van der Waals surface area contributed by atoms with Crippen LogP contribution in [0.1, 0.15) is 60.7 Å². The Morgan fingerprint density at radius 3 is 2.78 bits per heavy atom. The van der Waals surface area contributed by atoms with E-state index in [1.54, 1.807) is 25.3 Å². The number of hydrogen-bond donors (Lipinski definition) is 0. The maximum absolute atomic E-state index is 15.2. The van der Waals surface area contributed by atoms with E-state index in [0.29, 0.717) is 36.2 Å². The minimum absolute atomic E-state index is 0.00976. The largest absolute Gasteiger partial charge is 0.497 e. The Morgan fingerprint density at radius 2 is 2.03 bits per heavy atom. The molecule has 1 aliphatic carbocycles. The van der Waals surface area contributed by atoms with E-state index in [9.17, 15) is 4.79 Å². The van der Waals surface area contributed by atoms with Gasteiger partial charge in [0.15, 0.2) is 5.65 Å². The van der Waals surface area contributed by atoms with Crippen LogP contribution in [0.2, 0.25) is 5.02 Å². The quantitative estimate of drug-likeness (QED) is 0.375. The molecule has 8 nitrogen and oxygen atoms in total. The van der Waals surface area contributed by atoms with E-state index in [-0.39, 0.29) is 33.9 Å². The minimum atomic E-state index is -0.514. The molecule has 0 spiro atoms. The highest BCUT2D eigenvalue weighted by atomic mass is 35.5. The van der Waals surface area contributed by atoms with Crippen molar-refractivity contribution in [2.75, 3.05) is 13.7 Å². The third-order valence-electron chi connectivity index (χ3n) is 6.99. The van der Waals surface area contributed by atoms with Gasteiger partial charge in [-0.15, -0.1) is 0 Å². The summed E-state index contributed by atoms with van der Waals surface area (Å²) < 4.78 is 29.8. The molecular formula is C26H25ClFN5O3. The van der Waals surface area contributed by atoms with Crippen molar-refractivity contribution in [1.82, 2.24) is 24.1 Å². The highest BCUT2D eigenvalue weighted by molar-refractivity contribution is 6.31. The lowest BCUT2D eigenvalue weighted by molar-refractivity contribution is 0.00454. The van der Waals surface area contributed by atoms with Crippen molar-refractivity contribution >= 4 is 17.2 Å². The van der Waals surface area contributed by atoms with E-state index < -0.39 is 11.4 Å². The number of halogens is 2. The predicted molar refractivity (Wildman–Crippen MR) is 132 cm³/mol. The molecule has 0 bridgehead atoms. The molecule has 1 saturated carbocycles. The zero-order valence-electron chi connectivity index (χ0n) is 19.9. The third kappa shape index (κ3) is 4.06. The van der Waals surface area contributed by atoms with Crippen LogP contribution in [0.25, 0.3) is 16.9 Å². The Kier molecular flexibility index (Phi) is 5.76. The topological polar surface area (TPSA) is 83.5 Å². The summed E-state index contributed by atoms with van der Waals surface area (Å²) in [5, 5.41) is 4.53. The smallest absolute Gasteiger partial charge is 0.277 e. The molecule has 1 aliphatic heterocycles. The van der Waals surface area contributed by atoms with Crippen molar-refractivity contribution in [3.63, 3.8) is 0 Å². The number of fused-ring (bicyclic) bond motifs is 1. The molecular weight excluding hydrogens is 485 g/mol. The number of nitrogens with zero attached hydrogens (tertiary/aromatic N) is 5. The first-order valence-corrected chi connectivity index (χ1v) is 12.4. The van der Waals surface area contributed by atoms with E-state index in [2.05, 4.69) is 16.3 Å². The first kappa shape index (κ1) is 23.1. The molecule has 0 N–H and O–H groups in total. The van der Waals surface area contributed by atoms with Crippen LogP contribution in [0.5, 0.6) is 5.75 Å². The molecule has 0 amide bonds. The molecule has 186 valence electrons. The number of hydrogen-bond acceptors (Lipinski definition) is 6. The van der Waals surface area contributed by atoms with Crippen molar-refractivity contribution in [2.24, 2.45) is 0 Å². The SMILES string of the molecule is COc1ccc(-c2nc(C3CCO[C@H](c4cnn(C5CC5)c4)C3)cn3c(=O)c(Cl)c(C)nc23)c(F)c1. The molecule has 2 fully saturated rings. The molecule has 36 heavy (non-hydrogen) atoms. The van der Waals surface area contributed by atoms with Gasteiger partial charge in [0.2, 0.25) is 0 Å². The van der Waals surface area contributed by atoms with Gasteiger partial charge in [-0.3, -0.25) is 13.9 Å². The van der Waals surface area contributed by atoms with Crippen LogP contribution in [0.15, 0.2) is 41.6 Å². The van der Waals surface area contributed by atoms with Gasteiger partial charge in [0.05, 0.1) is 36.8 Å². The Morgan fingerprint density at radius 1 is 1.19 bits per heavy atom. The summed E-state index contributed by atoms with van der Waals surface area (Å²) >= 11 is 6.26. The second-order valence-corrected chi connectivity index (χ2v) is 9.81. The summed E-state index contributed by atoms with van der Waals surface area (Å²) in [7, 11) is 1.48. The van der Waals surface area contributed by atoms with Gasteiger partial charge < -0.3 is 9.47 Å². The van der Waals surface area contributed by atoms with Gasteiger partial charge >= 0.3 is 0 Å². The van der Waals surface area contributed by atoms with Crippen LogP contribution in [-0.4, -0.2) is 37.9 Å². The average Bonchev–Trinajstić information content (AvgIpc) is 3.63. The highest BCUT2D eigenvalue weighted by Crippen LogP contribution is 2.40. The Hall–Kier alpha value is -3.30. The fourth-order valence-corrected chi connectivity index (χ4v) is 4.93. The standard InChI is InChI=1S/C26H25ClFN5O3/c1-14-23(27)26(34)32-13-21(31-24(25(32)30-14)19-6-5-18(35-2)10-20(19)28)15-7-8-36-22(9-15)16-11-29-33(12-16)17-3-4-17/h5-6,10-13,15,17,22H,3-4,7-9H2,1-2H3/t15?,22-/m0/s1. The molecule has 1 saturated heterocycles. The van der Waals surface area contributed by atoms with Crippen molar-refractivity contribution in [3.8, 4) is 17.0 Å². The van der Waals surface area contributed by atoms with Gasteiger partial charge in [0, 0.05) is 42.1 Å². The van der Waals surface area contributed by atoms with Crippen LogP contribution >= 0.6 is 11.6 Å². The summed E-state index contributed by atoms with van der Waals surface area (Å²) in [6.45, 7) is 2.19. The summed E-state index contributed by atoms with van der Waals surface area (Å²) in [4.78, 5) is 22.5. The predicted octanol–water partition coefficient (Wildman–Crippen LogP) is 5.03. The number of benzene rings is 1. The van der Waals surface area contributed by atoms with Crippen molar-refractivity contribution in [1.29, 1.82) is 0 Å². The van der Waals surface area contributed by atoms with Crippen LogP contribution in [-0.2, 0) is 4.74 Å². The fourth-order valence-electron chi connectivity index (χ4n) is 4.79. The lowest BCUT2D eigenvalue weighted by Crippen LogP contribution is -2.23. The Balaban J connectivity index is 1.45. The second kappa shape index (κ2) is 8.97. The maximum atomic E-state index is 15.2. The summed E-state index contributed by atoms with van der Waals surface area (Å²) in [5.41, 5.74) is 2.43. The Bertz CT molecular complexity index is 1530. The summed E-state index contributed by atoms with van der Waals surface area (Å²) in [6, 6.07) is 5.04. The lowest BCUT2D eigenvalue weighted by Gasteiger charge is -2.29. The monoisotopic (exact) mass is 509 g/mol. The van der Waals surface area contributed by atoms with Crippen LogP contribution in [0, 0.1) is 12.7 Å². The highest BCUT2D eigenvalue weighted by Gasteiger charge is 2.30. The average molecular weight is 510 g/mol. The van der Waals surface area contributed by atoms with Gasteiger partial charge in [0.1, 0.15) is 22.3 Å². The van der Waals surface area contributed by atoms with Gasteiger partial charge in [-0.2, -0.15) is 5.10 Å². The normalized spacial score (nSPS) is 20.1. The number of aromatic nitrogens is 5. The number of ether oxygens (including phenoxy) is 2. The molecule has 2 atom stereocenters. The summed E-state index contributed by atoms with van der Waals surface area (Å²) in [5.74, 6) is -0.135. The van der Waals surface area contributed by atoms with E-state index >= 15 is 4.39 Å². The number of methoxy groups -OCH3 is 1. The van der Waals surface area contributed by atoms with Gasteiger partial charge in [0.25, 0.3) is 5.56 Å². The van der Waals surface area contributed by atoms with E-state index in [1.807, 2.05) is 10.9 Å². The molecule has 10 heteroatoms. The summed E-state index contributed by atoms with van der Waals surface area (Å²) in [6.07, 6.45) is 9.19. The van der Waals surface area contributed by atoms with Crippen molar-refractivity contribution < 1.29 is 13.9 Å². The molecule has 0 radical (unpaired) electrons. The zero-order chi connectivity index (χ0) is 25.0. The first-order chi connectivity index (χ1) is 17.4. The second-order valence-electron chi connectivity index (χ2n) is 9.44. The first-order valence-electron chi connectivity index (χ1n) is 12.0. The molecule has 1 unspecified atom stereocenters. The van der Waals surface area contributed by atoms with Gasteiger partial charge in [-0.05, 0) is 44.7 Å². The van der Waals surface area contributed by atoms with Crippen LogP contribution in [0.4, 0.5) is 4.39 Å². The minimum Gasteiger partial charge on any atom is -0.497 e.